The quantitative estimate of drug-likeness (QED) is 0.566. The summed E-state index contributed by atoms with van der Waals surface area (Å²) in [5, 5.41) is 21.4. The highest BCUT2D eigenvalue weighted by Crippen LogP contribution is 2.17. The molecule has 1 heterocycles. The molecule has 5 N–H and O–H groups in total. The topological polar surface area (TPSA) is 130 Å². The van der Waals surface area contributed by atoms with Gasteiger partial charge < -0.3 is 21.3 Å². The fourth-order valence-corrected chi connectivity index (χ4v) is 2.11. The molecule has 1 unspecified atom stereocenters. The van der Waals surface area contributed by atoms with Gasteiger partial charge in [-0.1, -0.05) is 6.07 Å². The Balaban J connectivity index is 2.61. The SMILES string of the molecule is NC(C(=O)N[C@@H](CCC(=O)O)C(=O)O)c1cccs1. The number of carbonyl (C=O) groups excluding carboxylic acids is 1. The predicted octanol–water partition coefficient (Wildman–Crippen LogP) is 0.182. The Hall–Kier alpha value is -1.93. The first kappa shape index (κ1) is 15.1. The van der Waals surface area contributed by atoms with Gasteiger partial charge >= 0.3 is 11.9 Å². The van der Waals surface area contributed by atoms with Crippen molar-refractivity contribution in [3.63, 3.8) is 0 Å². The van der Waals surface area contributed by atoms with Crippen molar-refractivity contribution < 1.29 is 24.6 Å². The molecule has 0 fully saturated rings. The molecule has 1 aromatic rings. The molecule has 7 nitrogen and oxygen atoms in total. The maximum Gasteiger partial charge on any atom is 0.326 e. The van der Waals surface area contributed by atoms with Crippen molar-refractivity contribution in [3.05, 3.63) is 22.4 Å². The third-order valence-corrected chi connectivity index (χ3v) is 3.35. The summed E-state index contributed by atoms with van der Waals surface area (Å²) in [7, 11) is 0. The average Bonchev–Trinajstić information content (AvgIpc) is 2.86. The van der Waals surface area contributed by atoms with Crippen molar-refractivity contribution in [2.45, 2.75) is 24.9 Å². The van der Waals surface area contributed by atoms with Gasteiger partial charge in [0.1, 0.15) is 12.1 Å². The van der Waals surface area contributed by atoms with Gasteiger partial charge in [0.2, 0.25) is 5.91 Å². The fourth-order valence-electron chi connectivity index (χ4n) is 1.38. The number of carboxylic acids is 2. The van der Waals surface area contributed by atoms with Crippen LogP contribution in [0.4, 0.5) is 0 Å². The third kappa shape index (κ3) is 4.68. The van der Waals surface area contributed by atoms with Crippen LogP contribution in [0.15, 0.2) is 17.5 Å². The molecule has 0 aliphatic rings. The first-order valence-electron chi connectivity index (χ1n) is 5.45. The highest BCUT2D eigenvalue weighted by Gasteiger charge is 2.24. The molecule has 1 amide bonds. The molecule has 0 aromatic carbocycles. The summed E-state index contributed by atoms with van der Waals surface area (Å²) in [6, 6.07) is 1.19. The van der Waals surface area contributed by atoms with E-state index in [2.05, 4.69) is 5.32 Å². The van der Waals surface area contributed by atoms with Gasteiger partial charge in [-0.2, -0.15) is 0 Å². The minimum atomic E-state index is -1.28. The van der Waals surface area contributed by atoms with E-state index >= 15 is 0 Å². The van der Waals surface area contributed by atoms with E-state index in [-0.39, 0.29) is 12.8 Å². The minimum Gasteiger partial charge on any atom is -0.481 e. The summed E-state index contributed by atoms with van der Waals surface area (Å²) in [6.45, 7) is 0. The number of rotatable bonds is 7. The van der Waals surface area contributed by atoms with Gasteiger partial charge in [0.15, 0.2) is 0 Å². The van der Waals surface area contributed by atoms with Gasteiger partial charge in [-0.05, 0) is 17.9 Å². The molecular formula is C11H14N2O5S. The second-order valence-electron chi connectivity index (χ2n) is 3.82. The summed E-state index contributed by atoms with van der Waals surface area (Å²) in [5.41, 5.74) is 5.68. The van der Waals surface area contributed by atoms with E-state index in [0.29, 0.717) is 4.88 Å². The lowest BCUT2D eigenvalue weighted by molar-refractivity contribution is -0.143. The van der Waals surface area contributed by atoms with E-state index in [1.807, 2.05) is 0 Å². The third-order valence-electron chi connectivity index (χ3n) is 2.39. The Bertz CT molecular complexity index is 460. The van der Waals surface area contributed by atoms with Crippen molar-refractivity contribution >= 4 is 29.2 Å². The standard InChI is InChI=1S/C11H14N2O5S/c12-9(7-2-1-5-19-7)10(16)13-6(11(17)18)3-4-8(14)15/h1-2,5-6,9H,3-4,12H2,(H,13,16)(H,14,15)(H,17,18)/t6-,9?/m0/s1. The van der Waals surface area contributed by atoms with Crippen LogP contribution in [0.5, 0.6) is 0 Å². The van der Waals surface area contributed by atoms with E-state index < -0.39 is 29.9 Å². The second-order valence-corrected chi connectivity index (χ2v) is 4.80. The van der Waals surface area contributed by atoms with Crippen molar-refractivity contribution in [3.8, 4) is 0 Å². The van der Waals surface area contributed by atoms with Crippen LogP contribution in [0.2, 0.25) is 0 Å². The van der Waals surface area contributed by atoms with Gasteiger partial charge in [-0.25, -0.2) is 4.79 Å². The summed E-state index contributed by atoms with van der Waals surface area (Å²) in [5.74, 6) is -3.05. The van der Waals surface area contributed by atoms with E-state index in [1.165, 1.54) is 11.3 Å². The van der Waals surface area contributed by atoms with Crippen LogP contribution in [-0.2, 0) is 14.4 Å². The Labute approximate surface area is 113 Å². The predicted molar refractivity (Wildman–Crippen MR) is 67.7 cm³/mol. The van der Waals surface area contributed by atoms with Gasteiger partial charge in [-0.15, -0.1) is 11.3 Å². The van der Waals surface area contributed by atoms with E-state index in [0.717, 1.165) is 0 Å². The largest absolute Gasteiger partial charge is 0.481 e. The van der Waals surface area contributed by atoms with Crippen LogP contribution in [0.25, 0.3) is 0 Å². The van der Waals surface area contributed by atoms with Crippen LogP contribution in [0.3, 0.4) is 0 Å². The lowest BCUT2D eigenvalue weighted by Gasteiger charge is -2.16. The number of nitrogens with two attached hydrogens (primary N) is 1. The zero-order valence-corrected chi connectivity index (χ0v) is 10.7. The number of hydrogen-bond donors (Lipinski definition) is 4. The van der Waals surface area contributed by atoms with E-state index in [1.54, 1.807) is 17.5 Å². The monoisotopic (exact) mass is 286 g/mol. The summed E-state index contributed by atoms with van der Waals surface area (Å²) < 4.78 is 0. The Morgan fingerprint density at radius 1 is 1.37 bits per heavy atom. The molecular weight excluding hydrogens is 272 g/mol. The molecule has 1 rings (SSSR count). The molecule has 0 aliphatic carbocycles. The van der Waals surface area contributed by atoms with Crippen LogP contribution >= 0.6 is 11.3 Å². The first-order chi connectivity index (χ1) is 8.91. The molecule has 0 saturated carbocycles. The van der Waals surface area contributed by atoms with Crippen molar-refractivity contribution in [1.29, 1.82) is 0 Å². The lowest BCUT2D eigenvalue weighted by Crippen LogP contribution is -2.45. The number of nitrogens with one attached hydrogen (secondary N) is 1. The highest BCUT2D eigenvalue weighted by atomic mass is 32.1. The van der Waals surface area contributed by atoms with Crippen molar-refractivity contribution in [2.75, 3.05) is 0 Å². The molecule has 0 radical (unpaired) electrons. The molecule has 0 spiro atoms. The molecule has 0 saturated heterocycles. The molecule has 2 atom stereocenters. The maximum atomic E-state index is 11.8. The summed E-state index contributed by atoms with van der Waals surface area (Å²) >= 11 is 1.29. The number of amides is 1. The second kappa shape index (κ2) is 6.86. The Kier molecular flexibility index (Phi) is 5.46. The number of carbonyl (C=O) groups is 3. The van der Waals surface area contributed by atoms with Gasteiger partial charge in [-0.3, -0.25) is 9.59 Å². The zero-order chi connectivity index (χ0) is 14.4. The van der Waals surface area contributed by atoms with Crippen LogP contribution in [0, 0.1) is 0 Å². The maximum absolute atomic E-state index is 11.8. The number of thiophene rings is 1. The Morgan fingerprint density at radius 3 is 2.53 bits per heavy atom. The van der Waals surface area contributed by atoms with E-state index in [9.17, 15) is 14.4 Å². The molecule has 8 heteroatoms. The number of aliphatic carboxylic acids is 2. The molecule has 104 valence electrons. The first-order valence-corrected chi connectivity index (χ1v) is 6.33. The fraction of sp³-hybridized carbons (Fsp3) is 0.364. The lowest BCUT2D eigenvalue weighted by atomic mass is 10.1. The van der Waals surface area contributed by atoms with Crippen LogP contribution in [-0.4, -0.2) is 34.1 Å². The van der Waals surface area contributed by atoms with Crippen LogP contribution < -0.4 is 11.1 Å². The number of carboxylic acid groups (broad SMARTS) is 2. The van der Waals surface area contributed by atoms with Crippen molar-refractivity contribution in [2.24, 2.45) is 5.73 Å². The van der Waals surface area contributed by atoms with Gasteiger partial charge in [0.05, 0.1) is 0 Å². The van der Waals surface area contributed by atoms with Crippen molar-refractivity contribution in [1.82, 2.24) is 5.32 Å². The molecule has 19 heavy (non-hydrogen) atoms. The molecule has 0 aliphatic heterocycles. The summed E-state index contributed by atoms with van der Waals surface area (Å²) in [4.78, 5) is 33.7. The van der Waals surface area contributed by atoms with Crippen LogP contribution in [0.1, 0.15) is 23.8 Å². The highest BCUT2D eigenvalue weighted by molar-refractivity contribution is 7.10. The smallest absolute Gasteiger partial charge is 0.326 e. The number of hydrogen-bond acceptors (Lipinski definition) is 5. The summed E-state index contributed by atoms with van der Waals surface area (Å²) in [6.07, 6.45) is -0.529. The van der Waals surface area contributed by atoms with Gasteiger partial charge in [0, 0.05) is 11.3 Å². The average molecular weight is 286 g/mol. The molecule has 0 bridgehead atoms. The minimum absolute atomic E-state index is 0.187. The van der Waals surface area contributed by atoms with E-state index in [4.69, 9.17) is 15.9 Å². The molecule has 1 aromatic heterocycles. The normalized spacial score (nSPS) is 13.5. The zero-order valence-electron chi connectivity index (χ0n) is 9.91. The Morgan fingerprint density at radius 2 is 2.05 bits per heavy atom. The van der Waals surface area contributed by atoms with Gasteiger partial charge in [0.25, 0.3) is 0 Å².